The Labute approximate surface area is 126 Å². The van der Waals surface area contributed by atoms with Crippen molar-refractivity contribution in [1.82, 2.24) is 10.6 Å². The van der Waals surface area contributed by atoms with Crippen LogP contribution in [0.2, 0.25) is 0 Å². The summed E-state index contributed by atoms with van der Waals surface area (Å²) >= 11 is 0. The van der Waals surface area contributed by atoms with Gasteiger partial charge in [-0.1, -0.05) is 17.7 Å². The van der Waals surface area contributed by atoms with Crippen molar-refractivity contribution in [3.05, 3.63) is 29.3 Å². The van der Waals surface area contributed by atoms with E-state index in [2.05, 4.69) is 10.6 Å². The molecule has 1 amide bonds. The Hall–Kier alpha value is -1.59. The third-order valence-electron chi connectivity index (χ3n) is 3.66. The standard InChI is InChI=1S/C16H24N2O3/c1-11-4-5-15(20-3)14(8-11)12(2)18-16(19)9-13-10-21-7-6-17-13/h4-5,8,12-13,17H,6-7,9-10H2,1-3H3,(H,18,19). The second-order valence-corrected chi connectivity index (χ2v) is 5.46. The zero-order valence-corrected chi connectivity index (χ0v) is 12.9. The van der Waals surface area contributed by atoms with Gasteiger partial charge in [0.05, 0.1) is 26.4 Å². The molecule has 0 aromatic heterocycles. The van der Waals surface area contributed by atoms with E-state index in [0.717, 1.165) is 30.0 Å². The van der Waals surface area contributed by atoms with Crippen LogP contribution in [0.4, 0.5) is 0 Å². The molecule has 0 bridgehead atoms. The van der Waals surface area contributed by atoms with Gasteiger partial charge in [0.15, 0.2) is 0 Å². The van der Waals surface area contributed by atoms with Crippen molar-refractivity contribution in [2.75, 3.05) is 26.9 Å². The molecule has 1 aromatic rings. The molecule has 2 unspecified atom stereocenters. The third kappa shape index (κ3) is 4.44. The molecular weight excluding hydrogens is 268 g/mol. The van der Waals surface area contributed by atoms with Crippen LogP contribution in [-0.2, 0) is 9.53 Å². The topological polar surface area (TPSA) is 59.6 Å². The smallest absolute Gasteiger partial charge is 0.222 e. The maximum atomic E-state index is 12.1. The summed E-state index contributed by atoms with van der Waals surface area (Å²) in [5.41, 5.74) is 2.15. The average Bonchev–Trinajstić information content (AvgIpc) is 2.48. The lowest BCUT2D eigenvalue weighted by atomic mass is 10.0. The van der Waals surface area contributed by atoms with E-state index < -0.39 is 0 Å². The zero-order chi connectivity index (χ0) is 15.2. The van der Waals surface area contributed by atoms with E-state index in [1.807, 2.05) is 32.0 Å². The van der Waals surface area contributed by atoms with Gasteiger partial charge in [0.25, 0.3) is 0 Å². The van der Waals surface area contributed by atoms with Crippen molar-refractivity contribution in [1.29, 1.82) is 0 Å². The predicted octanol–water partition coefficient (Wildman–Crippen LogP) is 1.56. The Kier molecular flexibility index (Phi) is 5.59. The first-order valence-corrected chi connectivity index (χ1v) is 7.35. The van der Waals surface area contributed by atoms with Crippen LogP contribution in [0.5, 0.6) is 5.75 Å². The summed E-state index contributed by atoms with van der Waals surface area (Å²) in [6.45, 7) is 6.12. The lowest BCUT2D eigenvalue weighted by molar-refractivity contribution is -0.122. The van der Waals surface area contributed by atoms with Gasteiger partial charge in [-0.2, -0.15) is 0 Å². The minimum absolute atomic E-state index is 0.0223. The minimum Gasteiger partial charge on any atom is -0.496 e. The molecular formula is C16H24N2O3. The summed E-state index contributed by atoms with van der Waals surface area (Å²) in [5.74, 6) is 0.821. The largest absolute Gasteiger partial charge is 0.496 e. The molecule has 21 heavy (non-hydrogen) atoms. The van der Waals surface area contributed by atoms with Gasteiger partial charge in [0.1, 0.15) is 5.75 Å². The first-order valence-electron chi connectivity index (χ1n) is 7.35. The Morgan fingerprint density at radius 2 is 2.38 bits per heavy atom. The number of ether oxygens (including phenoxy) is 2. The monoisotopic (exact) mass is 292 g/mol. The van der Waals surface area contributed by atoms with Crippen LogP contribution in [0, 0.1) is 6.92 Å². The number of aryl methyl sites for hydroxylation is 1. The van der Waals surface area contributed by atoms with Crippen LogP contribution in [0.3, 0.4) is 0 Å². The maximum absolute atomic E-state index is 12.1. The van der Waals surface area contributed by atoms with Crippen LogP contribution < -0.4 is 15.4 Å². The van der Waals surface area contributed by atoms with Crippen molar-refractivity contribution < 1.29 is 14.3 Å². The Bertz CT molecular complexity index is 484. The first-order chi connectivity index (χ1) is 10.1. The molecule has 2 atom stereocenters. The van der Waals surface area contributed by atoms with E-state index in [0.29, 0.717) is 13.0 Å². The van der Waals surface area contributed by atoms with Crippen molar-refractivity contribution in [2.24, 2.45) is 0 Å². The van der Waals surface area contributed by atoms with E-state index in [4.69, 9.17) is 9.47 Å². The van der Waals surface area contributed by atoms with Crippen LogP contribution in [0.25, 0.3) is 0 Å². The van der Waals surface area contributed by atoms with Crippen molar-refractivity contribution in [2.45, 2.75) is 32.4 Å². The fraction of sp³-hybridized carbons (Fsp3) is 0.562. The van der Waals surface area contributed by atoms with E-state index in [-0.39, 0.29) is 18.0 Å². The molecule has 2 N–H and O–H groups in total. The Morgan fingerprint density at radius 3 is 3.05 bits per heavy atom. The number of methoxy groups -OCH3 is 1. The molecule has 1 aliphatic heterocycles. The second-order valence-electron chi connectivity index (χ2n) is 5.46. The molecule has 1 aliphatic rings. The van der Waals surface area contributed by atoms with Gasteiger partial charge in [-0.15, -0.1) is 0 Å². The SMILES string of the molecule is COc1ccc(C)cc1C(C)NC(=O)CC1COCCN1. The van der Waals surface area contributed by atoms with Gasteiger partial charge in [-0.3, -0.25) is 4.79 Å². The average molecular weight is 292 g/mol. The van der Waals surface area contributed by atoms with Crippen molar-refractivity contribution in [3.8, 4) is 5.75 Å². The second kappa shape index (κ2) is 7.43. The summed E-state index contributed by atoms with van der Waals surface area (Å²) in [7, 11) is 1.64. The molecule has 0 aliphatic carbocycles. The number of hydrogen-bond donors (Lipinski definition) is 2. The molecule has 0 radical (unpaired) electrons. The molecule has 1 saturated heterocycles. The first kappa shape index (κ1) is 15.8. The van der Waals surface area contributed by atoms with Crippen LogP contribution in [0.1, 0.15) is 30.5 Å². The maximum Gasteiger partial charge on any atom is 0.222 e. The van der Waals surface area contributed by atoms with Crippen LogP contribution >= 0.6 is 0 Å². The number of amides is 1. The number of morpholine rings is 1. The molecule has 2 rings (SSSR count). The summed E-state index contributed by atoms with van der Waals surface area (Å²) in [6.07, 6.45) is 0.429. The molecule has 5 heteroatoms. The van der Waals surface area contributed by atoms with E-state index >= 15 is 0 Å². The molecule has 1 aromatic carbocycles. The number of carbonyl (C=O) groups excluding carboxylic acids is 1. The molecule has 1 fully saturated rings. The fourth-order valence-corrected chi connectivity index (χ4v) is 2.54. The number of hydrogen-bond acceptors (Lipinski definition) is 4. The van der Waals surface area contributed by atoms with E-state index in [9.17, 15) is 4.79 Å². The number of rotatable bonds is 5. The van der Waals surface area contributed by atoms with Gasteiger partial charge in [0, 0.05) is 24.6 Å². The number of benzene rings is 1. The predicted molar refractivity (Wildman–Crippen MR) is 81.5 cm³/mol. The summed E-state index contributed by atoms with van der Waals surface area (Å²) in [6, 6.07) is 6.00. The summed E-state index contributed by atoms with van der Waals surface area (Å²) in [5, 5.41) is 6.32. The third-order valence-corrected chi connectivity index (χ3v) is 3.66. The highest BCUT2D eigenvalue weighted by Crippen LogP contribution is 2.26. The van der Waals surface area contributed by atoms with Gasteiger partial charge in [-0.05, 0) is 19.9 Å². The summed E-state index contributed by atoms with van der Waals surface area (Å²) in [4.78, 5) is 12.1. The van der Waals surface area contributed by atoms with Gasteiger partial charge >= 0.3 is 0 Å². The van der Waals surface area contributed by atoms with Crippen LogP contribution in [0.15, 0.2) is 18.2 Å². The number of nitrogens with one attached hydrogen (secondary N) is 2. The fourth-order valence-electron chi connectivity index (χ4n) is 2.54. The molecule has 0 saturated carbocycles. The highest BCUT2D eigenvalue weighted by Gasteiger charge is 2.19. The normalized spacial score (nSPS) is 19.9. The molecule has 116 valence electrons. The lowest BCUT2D eigenvalue weighted by Crippen LogP contribution is -2.44. The van der Waals surface area contributed by atoms with Gasteiger partial charge in [-0.25, -0.2) is 0 Å². The zero-order valence-electron chi connectivity index (χ0n) is 12.9. The summed E-state index contributed by atoms with van der Waals surface area (Å²) < 4.78 is 10.7. The highest BCUT2D eigenvalue weighted by atomic mass is 16.5. The van der Waals surface area contributed by atoms with Gasteiger partial charge < -0.3 is 20.1 Å². The molecule has 1 heterocycles. The lowest BCUT2D eigenvalue weighted by Gasteiger charge is -2.24. The van der Waals surface area contributed by atoms with E-state index in [1.165, 1.54) is 0 Å². The van der Waals surface area contributed by atoms with Gasteiger partial charge in [0.2, 0.25) is 5.91 Å². The Balaban J connectivity index is 1.95. The highest BCUT2D eigenvalue weighted by molar-refractivity contribution is 5.77. The molecule has 5 nitrogen and oxygen atoms in total. The Morgan fingerprint density at radius 1 is 1.57 bits per heavy atom. The minimum atomic E-state index is -0.0862. The quantitative estimate of drug-likeness (QED) is 0.864. The molecule has 0 spiro atoms. The van der Waals surface area contributed by atoms with E-state index in [1.54, 1.807) is 7.11 Å². The van der Waals surface area contributed by atoms with Crippen molar-refractivity contribution >= 4 is 5.91 Å². The van der Waals surface area contributed by atoms with Crippen LogP contribution in [-0.4, -0.2) is 38.8 Å². The number of carbonyl (C=O) groups is 1. The van der Waals surface area contributed by atoms with Crippen molar-refractivity contribution in [3.63, 3.8) is 0 Å².